The van der Waals surface area contributed by atoms with Crippen molar-refractivity contribution < 1.29 is 0 Å². The van der Waals surface area contributed by atoms with E-state index in [0.717, 1.165) is 39.3 Å². The average Bonchev–Trinajstić information content (AvgIpc) is 2.21. The smallest absolute Gasteiger partial charge is 0.00767 e. The van der Waals surface area contributed by atoms with Crippen LogP contribution in [0.1, 0.15) is 12.8 Å². The summed E-state index contributed by atoms with van der Waals surface area (Å²) in [6.07, 6.45) is 2.41. The Labute approximate surface area is 154 Å². The van der Waals surface area contributed by atoms with Crippen LogP contribution < -0.4 is 21.3 Å². The zero-order valence-electron chi connectivity index (χ0n) is 11.3. The Morgan fingerprint density at radius 1 is 0.500 bits per heavy atom. The van der Waals surface area contributed by atoms with Crippen LogP contribution in [0.25, 0.3) is 0 Å². The van der Waals surface area contributed by atoms with E-state index in [1.165, 1.54) is 12.8 Å². The fraction of sp³-hybridized carbons (Fsp3) is 1.00. The molecule has 18 heavy (non-hydrogen) atoms. The maximum Gasteiger partial charge on any atom is 0.00767 e. The summed E-state index contributed by atoms with van der Waals surface area (Å²) in [5.74, 6) is 0. The molecule has 4 nitrogen and oxygen atoms in total. The molecule has 0 spiro atoms. The molecule has 8 heteroatoms. The van der Waals surface area contributed by atoms with E-state index in [-0.39, 0.29) is 67.9 Å². The van der Waals surface area contributed by atoms with Crippen molar-refractivity contribution in [1.29, 1.82) is 0 Å². The Bertz CT molecular complexity index is 99.9. The third kappa shape index (κ3) is 30.6. The predicted molar refractivity (Wildman–Crippen MR) is 104 cm³/mol. The Hall–Kier alpha value is 1.76. The summed E-state index contributed by atoms with van der Waals surface area (Å²) in [7, 11) is 3.98. The van der Waals surface area contributed by atoms with Gasteiger partial charge in [-0.1, -0.05) is 0 Å². The van der Waals surface area contributed by atoms with Crippen LogP contribution in [0.5, 0.6) is 0 Å². The van der Waals surface area contributed by atoms with Crippen molar-refractivity contribution in [3.8, 4) is 0 Å². The first kappa shape index (κ1) is 31.9. The third-order valence-corrected chi connectivity index (χ3v) is 2.04. The SMILES string of the molecule is Br.Br.Br.Br.CNCCCNCCNCCCNC. The Balaban J connectivity index is -0.000000141. The highest BCUT2D eigenvalue weighted by molar-refractivity contribution is 8.93. The second-order valence-corrected chi connectivity index (χ2v) is 3.41. The van der Waals surface area contributed by atoms with Gasteiger partial charge in [0, 0.05) is 13.1 Å². The number of hydrogen-bond acceptors (Lipinski definition) is 4. The van der Waals surface area contributed by atoms with E-state index in [4.69, 9.17) is 0 Å². The van der Waals surface area contributed by atoms with E-state index in [0.29, 0.717) is 0 Å². The number of nitrogens with one attached hydrogen (secondary N) is 4. The van der Waals surface area contributed by atoms with Gasteiger partial charge in [-0.25, -0.2) is 0 Å². The molecule has 0 rings (SSSR count). The van der Waals surface area contributed by atoms with Crippen molar-refractivity contribution in [2.24, 2.45) is 0 Å². The lowest BCUT2D eigenvalue weighted by atomic mass is 10.4. The van der Waals surface area contributed by atoms with E-state index in [2.05, 4.69) is 21.3 Å². The monoisotopic (exact) mass is 522 g/mol. The van der Waals surface area contributed by atoms with Crippen LogP contribution in [0.3, 0.4) is 0 Å². The van der Waals surface area contributed by atoms with Crippen LogP contribution in [0.15, 0.2) is 0 Å². The van der Waals surface area contributed by atoms with Crippen LogP contribution in [0.4, 0.5) is 0 Å². The molecular weight excluding hydrogens is 496 g/mol. The van der Waals surface area contributed by atoms with Crippen LogP contribution in [0, 0.1) is 0 Å². The van der Waals surface area contributed by atoms with Crippen molar-refractivity contribution in [2.45, 2.75) is 12.8 Å². The minimum atomic E-state index is 0. The highest BCUT2D eigenvalue weighted by atomic mass is 79.9. The van der Waals surface area contributed by atoms with Gasteiger partial charge in [-0.3, -0.25) is 0 Å². The molecule has 0 aliphatic rings. The molecule has 0 radical (unpaired) electrons. The highest BCUT2D eigenvalue weighted by Crippen LogP contribution is 1.72. The largest absolute Gasteiger partial charge is 0.320 e. The second-order valence-electron chi connectivity index (χ2n) is 3.41. The Morgan fingerprint density at radius 3 is 1.11 bits per heavy atom. The molecule has 0 saturated carbocycles. The van der Waals surface area contributed by atoms with Crippen LogP contribution in [-0.4, -0.2) is 53.4 Å². The topological polar surface area (TPSA) is 48.1 Å². The molecule has 0 bridgehead atoms. The molecule has 0 saturated heterocycles. The van der Waals surface area contributed by atoms with Crippen molar-refractivity contribution in [2.75, 3.05) is 53.4 Å². The van der Waals surface area contributed by atoms with Gasteiger partial charge in [-0.2, -0.15) is 0 Å². The van der Waals surface area contributed by atoms with Crippen LogP contribution >= 0.6 is 67.9 Å². The van der Waals surface area contributed by atoms with Crippen LogP contribution in [-0.2, 0) is 0 Å². The first-order chi connectivity index (χ1) is 6.91. The van der Waals surface area contributed by atoms with E-state index in [9.17, 15) is 0 Å². The van der Waals surface area contributed by atoms with E-state index < -0.39 is 0 Å². The molecule has 118 valence electrons. The maximum atomic E-state index is 3.39. The molecule has 0 amide bonds. The molecule has 0 aromatic heterocycles. The lowest BCUT2D eigenvalue weighted by Gasteiger charge is -2.06. The summed E-state index contributed by atoms with van der Waals surface area (Å²) in [5.41, 5.74) is 0. The standard InChI is InChI=1S/C10H26N4.4BrH/c1-11-5-3-7-13-9-10-14-8-4-6-12-2;;;;/h11-14H,3-10H2,1-2H3;4*1H. The number of hydrogen-bond donors (Lipinski definition) is 4. The zero-order chi connectivity index (χ0) is 10.5. The quantitative estimate of drug-likeness (QED) is 0.310. The van der Waals surface area contributed by atoms with Gasteiger partial charge in [0.2, 0.25) is 0 Å². The second kappa shape index (κ2) is 31.3. The Kier molecular flexibility index (Phi) is 55.4. The molecule has 0 aromatic rings. The molecule has 0 atom stereocenters. The summed E-state index contributed by atoms with van der Waals surface area (Å²) in [4.78, 5) is 0. The zero-order valence-corrected chi connectivity index (χ0v) is 18.1. The minimum Gasteiger partial charge on any atom is -0.320 e. The molecular formula is C10H30Br4N4. The van der Waals surface area contributed by atoms with Gasteiger partial charge in [-0.05, 0) is 53.1 Å². The van der Waals surface area contributed by atoms with Gasteiger partial charge in [0.05, 0.1) is 0 Å². The van der Waals surface area contributed by atoms with Gasteiger partial charge >= 0.3 is 0 Å². The van der Waals surface area contributed by atoms with Crippen LogP contribution in [0.2, 0.25) is 0 Å². The average molecular weight is 526 g/mol. The van der Waals surface area contributed by atoms with Crippen molar-refractivity contribution in [3.63, 3.8) is 0 Å². The van der Waals surface area contributed by atoms with Gasteiger partial charge in [0.25, 0.3) is 0 Å². The molecule has 0 unspecified atom stereocenters. The maximum absolute atomic E-state index is 3.39. The first-order valence-electron chi connectivity index (χ1n) is 5.62. The summed E-state index contributed by atoms with van der Waals surface area (Å²) in [6.45, 7) is 6.57. The van der Waals surface area contributed by atoms with Gasteiger partial charge in [0.1, 0.15) is 0 Å². The summed E-state index contributed by atoms with van der Waals surface area (Å²) in [6, 6.07) is 0. The molecule has 0 heterocycles. The number of halogens is 4. The van der Waals surface area contributed by atoms with Crippen molar-refractivity contribution >= 4 is 67.9 Å². The molecule has 0 aliphatic carbocycles. The molecule has 0 aromatic carbocycles. The fourth-order valence-electron chi connectivity index (χ4n) is 1.21. The number of rotatable bonds is 11. The summed E-state index contributed by atoms with van der Waals surface area (Å²) >= 11 is 0. The lowest BCUT2D eigenvalue weighted by molar-refractivity contribution is 0.572. The third-order valence-electron chi connectivity index (χ3n) is 2.04. The minimum absolute atomic E-state index is 0. The van der Waals surface area contributed by atoms with E-state index in [1.807, 2.05) is 14.1 Å². The van der Waals surface area contributed by atoms with Gasteiger partial charge in [0.15, 0.2) is 0 Å². The molecule has 0 aliphatic heterocycles. The van der Waals surface area contributed by atoms with Crippen molar-refractivity contribution in [1.82, 2.24) is 21.3 Å². The Morgan fingerprint density at radius 2 is 0.833 bits per heavy atom. The molecule has 4 N–H and O–H groups in total. The summed E-state index contributed by atoms with van der Waals surface area (Å²) < 4.78 is 0. The van der Waals surface area contributed by atoms with Gasteiger partial charge in [-0.15, -0.1) is 67.9 Å². The fourth-order valence-corrected chi connectivity index (χ4v) is 1.21. The van der Waals surface area contributed by atoms with E-state index in [1.54, 1.807) is 0 Å². The molecule has 0 fully saturated rings. The normalized spacial score (nSPS) is 8.33. The van der Waals surface area contributed by atoms with E-state index >= 15 is 0 Å². The lowest BCUT2D eigenvalue weighted by Crippen LogP contribution is -2.30. The summed E-state index contributed by atoms with van der Waals surface area (Å²) in [5, 5.41) is 13.0. The first-order valence-corrected chi connectivity index (χ1v) is 5.62. The van der Waals surface area contributed by atoms with Crippen molar-refractivity contribution in [3.05, 3.63) is 0 Å². The predicted octanol–water partition coefficient (Wildman–Crippen LogP) is 1.70. The highest BCUT2D eigenvalue weighted by Gasteiger charge is 1.88. The van der Waals surface area contributed by atoms with Gasteiger partial charge < -0.3 is 21.3 Å².